The van der Waals surface area contributed by atoms with Crippen molar-refractivity contribution in [3.8, 4) is 0 Å². The van der Waals surface area contributed by atoms with Crippen molar-refractivity contribution in [1.82, 2.24) is 4.98 Å². The van der Waals surface area contributed by atoms with E-state index in [4.69, 9.17) is 0 Å². The molecule has 0 fully saturated rings. The van der Waals surface area contributed by atoms with Gasteiger partial charge in [0.05, 0.1) is 10.2 Å². The number of rotatable bonds is 6. The van der Waals surface area contributed by atoms with Crippen LogP contribution in [0.5, 0.6) is 0 Å². The first-order valence-corrected chi connectivity index (χ1v) is 9.38. The van der Waals surface area contributed by atoms with Gasteiger partial charge in [0.2, 0.25) is 5.91 Å². The van der Waals surface area contributed by atoms with Crippen molar-refractivity contribution in [3.05, 3.63) is 48.2 Å². The molecule has 0 aliphatic heterocycles. The highest BCUT2D eigenvalue weighted by molar-refractivity contribution is 9.09. The number of nitrogens with one attached hydrogen (secondary N) is 2. The molecule has 0 saturated carbocycles. The second kappa shape index (κ2) is 7.54. The monoisotopic (exact) mass is 411 g/mol. The quantitative estimate of drug-likeness (QED) is 0.560. The van der Waals surface area contributed by atoms with E-state index in [1.807, 2.05) is 0 Å². The number of aromatic nitrogens is 1. The summed E-state index contributed by atoms with van der Waals surface area (Å²) < 4.78 is 26.9. The zero-order chi connectivity index (χ0) is 17.7. The smallest absolute Gasteiger partial charge is 0.263 e. The normalized spacial score (nSPS) is 10.9. The molecule has 2 N–H and O–H groups in total. The zero-order valence-electron chi connectivity index (χ0n) is 12.6. The minimum absolute atomic E-state index is 0.0269. The fraction of sp³-hybridized carbons (Fsp3) is 0.133. The van der Waals surface area contributed by atoms with Gasteiger partial charge in [0.25, 0.3) is 10.0 Å². The molecule has 0 aliphatic carbocycles. The summed E-state index contributed by atoms with van der Waals surface area (Å²) in [6.45, 7) is 1.36. The molecule has 0 atom stereocenters. The molecule has 126 valence electrons. The summed E-state index contributed by atoms with van der Waals surface area (Å²) in [5, 5.41) is 2.72. The fourth-order valence-corrected chi connectivity index (χ4v) is 3.15. The Balaban J connectivity index is 2.15. The number of halogens is 1. The van der Waals surface area contributed by atoms with Crippen molar-refractivity contribution in [1.29, 1.82) is 0 Å². The number of carbonyl (C=O) groups excluding carboxylic acids is 2. The highest BCUT2D eigenvalue weighted by Gasteiger charge is 2.15. The molecule has 9 heteroatoms. The van der Waals surface area contributed by atoms with Crippen LogP contribution >= 0.6 is 15.9 Å². The number of hydrogen-bond donors (Lipinski definition) is 2. The van der Waals surface area contributed by atoms with Gasteiger partial charge in [-0.05, 0) is 36.4 Å². The van der Waals surface area contributed by atoms with Crippen molar-refractivity contribution in [2.24, 2.45) is 0 Å². The maximum Gasteiger partial charge on any atom is 0.263 e. The molecule has 2 rings (SSSR count). The van der Waals surface area contributed by atoms with Gasteiger partial charge in [0.1, 0.15) is 5.82 Å². The number of ketones is 1. The van der Waals surface area contributed by atoms with E-state index in [1.54, 1.807) is 0 Å². The molecule has 0 saturated heterocycles. The van der Waals surface area contributed by atoms with Crippen LogP contribution in [-0.4, -0.2) is 30.4 Å². The molecular formula is C15H14BrN3O4S. The molecule has 24 heavy (non-hydrogen) atoms. The van der Waals surface area contributed by atoms with Gasteiger partial charge in [-0.3, -0.25) is 14.3 Å². The molecule has 1 heterocycles. The molecule has 0 radical (unpaired) electrons. The maximum atomic E-state index is 12.3. The lowest BCUT2D eigenvalue weighted by Crippen LogP contribution is -2.14. The molecule has 1 aromatic carbocycles. The predicted octanol–water partition coefficient (Wildman–Crippen LogP) is 2.42. The summed E-state index contributed by atoms with van der Waals surface area (Å²) in [7, 11) is -3.82. The van der Waals surface area contributed by atoms with Gasteiger partial charge in [-0.25, -0.2) is 13.4 Å². The average Bonchev–Trinajstić information content (AvgIpc) is 2.54. The number of hydrogen-bond acceptors (Lipinski definition) is 5. The Kier molecular flexibility index (Phi) is 5.68. The molecule has 0 aliphatic rings. The zero-order valence-corrected chi connectivity index (χ0v) is 15.0. The third-order valence-electron chi connectivity index (χ3n) is 2.93. The standard InChI is InChI=1S/C15H14BrN3O4S/c1-10(20)18-12-3-5-13(6-4-12)24(22,23)19-15-7-2-11(9-17-15)14(21)8-16/h2-7,9H,8H2,1H3,(H,17,19)(H,18,20). The lowest BCUT2D eigenvalue weighted by molar-refractivity contribution is -0.114. The van der Waals surface area contributed by atoms with Crippen molar-refractivity contribution in [2.75, 3.05) is 15.4 Å². The van der Waals surface area contributed by atoms with Crippen LogP contribution in [-0.2, 0) is 14.8 Å². The number of carbonyl (C=O) groups is 2. The number of nitrogens with zero attached hydrogens (tertiary/aromatic N) is 1. The Hall–Kier alpha value is -2.26. The summed E-state index contributed by atoms with van der Waals surface area (Å²) >= 11 is 3.05. The number of Topliss-reactive ketones (excluding diaryl/α,β-unsaturated/α-hetero) is 1. The van der Waals surface area contributed by atoms with Crippen LogP contribution in [0.25, 0.3) is 0 Å². The van der Waals surface area contributed by atoms with E-state index in [-0.39, 0.29) is 27.7 Å². The Bertz CT molecular complexity index is 849. The molecule has 7 nitrogen and oxygen atoms in total. The second-order valence-electron chi connectivity index (χ2n) is 4.80. The number of alkyl halides is 1. The van der Waals surface area contributed by atoms with Crippen molar-refractivity contribution in [3.63, 3.8) is 0 Å². The van der Waals surface area contributed by atoms with Gasteiger partial charge in [-0.1, -0.05) is 15.9 Å². The maximum absolute atomic E-state index is 12.3. The first-order valence-electron chi connectivity index (χ1n) is 6.77. The van der Waals surface area contributed by atoms with Gasteiger partial charge in [0, 0.05) is 24.4 Å². The summed E-state index contributed by atoms with van der Waals surface area (Å²) in [5.41, 5.74) is 0.881. The van der Waals surface area contributed by atoms with Gasteiger partial charge in [-0.2, -0.15) is 0 Å². The highest BCUT2D eigenvalue weighted by Crippen LogP contribution is 2.17. The van der Waals surface area contributed by atoms with E-state index in [0.717, 1.165) is 0 Å². The van der Waals surface area contributed by atoms with Crippen LogP contribution in [0.1, 0.15) is 17.3 Å². The molecule has 0 spiro atoms. The number of sulfonamides is 1. The van der Waals surface area contributed by atoms with Crippen LogP contribution in [0.4, 0.5) is 11.5 Å². The molecule has 2 aromatic rings. The molecule has 0 unspecified atom stereocenters. The van der Waals surface area contributed by atoms with Crippen LogP contribution in [0.15, 0.2) is 47.5 Å². The van der Waals surface area contributed by atoms with E-state index in [0.29, 0.717) is 11.3 Å². The number of anilines is 2. The van der Waals surface area contributed by atoms with Crippen LogP contribution < -0.4 is 10.0 Å². The highest BCUT2D eigenvalue weighted by atomic mass is 79.9. The van der Waals surface area contributed by atoms with Gasteiger partial charge in [0.15, 0.2) is 5.78 Å². The van der Waals surface area contributed by atoms with Crippen molar-refractivity contribution >= 4 is 49.1 Å². The molecule has 1 amide bonds. The third kappa shape index (κ3) is 4.62. The SMILES string of the molecule is CC(=O)Nc1ccc(S(=O)(=O)Nc2ccc(C(=O)CBr)cn2)cc1. The average molecular weight is 412 g/mol. The first kappa shape index (κ1) is 18.1. The Labute approximate surface area is 147 Å². The van der Waals surface area contributed by atoms with E-state index < -0.39 is 10.0 Å². The largest absolute Gasteiger partial charge is 0.326 e. The summed E-state index contributed by atoms with van der Waals surface area (Å²) in [6.07, 6.45) is 1.31. The number of benzene rings is 1. The molecular weight excluding hydrogens is 398 g/mol. The summed E-state index contributed by atoms with van der Waals surface area (Å²) in [4.78, 5) is 26.4. The number of pyridine rings is 1. The molecule has 1 aromatic heterocycles. The van der Waals surface area contributed by atoms with Gasteiger partial charge >= 0.3 is 0 Å². The fourth-order valence-electron chi connectivity index (χ4n) is 1.81. The van der Waals surface area contributed by atoms with Gasteiger partial charge < -0.3 is 5.32 Å². The van der Waals surface area contributed by atoms with E-state index in [2.05, 4.69) is 31.0 Å². The van der Waals surface area contributed by atoms with Crippen LogP contribution in [0.2, 0.25) is 0 Å². The summed E-state index contributed by atoms with van der Waals surface area (Å²) in [6, 6.07) is 8.63. The lowest BCUT2D eigenvalue weighted by Gasteiger charge is -2.08. The topological polar surface area (TPSA) is 105 Å². The van der Waals surface area contributed by atoms with Crippen LogP contribution in [0, 0.1) is 0 Å². The second-order valence-corrected chi connectivity index (χ2v) is 7.04. The predicted molar refractivity (Wildman–Crippen MR) is 93.9 cm³/mol. The van der Waals surface area contributed by atoms with Crippen LogP contribution in [0.3, 0.4) is 0 Å². The Morgan fingerprint density at radius 1 is 1.12 bits per heavy atom. The van der Waals surface area contributed by atoms with Crippen molar-refractivity contribution < 1.29 is 18.0 Å². The van der Waals surface area contributed by atoms with E-state index in [9.17, 15) is 18.0 Å². The Morgan fingerprint density at radius 3 is 2.29 bits per heavy atom. The Morgan fingerprint density at radius 2 is 1.79 bits per heavy atom. The van der Waals surface area contributed by atoms with E-state index >= 15 is 0 Å². The van der Waals surface area contributed by atoms with E-state index in [1.165, 1.54) is 49.5 Å². The minimum Gasteiger partial charge on any atom is -0.326 e. The first-order chi connectivity index (χ1) is 11.3. The lowest BCUT2D eigenvalue weighted by atomic mass is 10.2. The third-order valence-corrected chi connectivity index (χ3v) is 4.81. The number of amides is 1. The molecule has 0 bridgehead atoms. The minimum atomic E-state index is -3.82. The summed E-state index contributed by atoms with van der Waals surface area (Å²) in [5.74, 6) is -0.288. The van der Waals surface area contributed by atoms with Gasteiger partial charge in [-0.15, -0.1) is 0 Å². The van der Waals surface area contributed by atoms with Crippen molar-refractivity contribution in [2.45, 2.75) is 11.8 Å².